The second kappa shape index (κ2) is 7.14. The Kier molecular flexibility index (Phi) is 4.95. The maximum absolute atomic E-state index is 12.6. The van der Waals surface area contributed by atoms with Crippen molar-refractivity contribution in [2.45, 2.75) is 22.9 Å². The molecule has 1 aromatic carbocycles. The lowest BCUT2D eigenvalue weighted by Gasteiger charge is -2.16. The standard InChI is InChI=1S/C14H15N5O3S2/c1-2-15-13-16-17-14(24-13)23-11-6-7-18(12(11)20)9-4-3-5-10(8-9)19(21)22/h3-5,8,11H,2,6-7H2,1H3,(H,15,16). The van der Waals surface area contributed by atoms with E-state index < -0.39 is 4.92 Å². The van der Waals surface area contributed by atoms with Gasteiger partial charge in [-0.15, -0.1) is 10.2 Å². The fraction of sp³-hybridized carbons (Fsp3) is 0.357. The van der Waals surface area contributed by atoms with Crippen molar-refractivity contribution in [3.05, 3.63) is 34.4 Å². The van der Waals surface area contributed by atoms with Crippen molar-refractivity contribution in [2.24, 2.45) is 0 Å². The van der Waals surface area contributed by atoms with Crippen LogP contribution in [0.15, 0.2) is 28.6 Å². The Morgan fingerprint density at radius 3 is 3.08 bits per heavy atom. The van der Waals surface area contributed by atoms with Gasteiger partial charge in [-0.25, -0.2) is 0 Å². The van der Waals surface area contributed by atoms with E-state index in [1.165, 1.54) is 35.2 Å². The minimum absolute atomic E-state index is 0.0178. The van der Waals surface area contributed by atoms with Crippen molar-refractivity contribution in [3.8, 4) is 0 Å². The van der Waals surface area contributed by atoms with Gasteiger partial charge in [-0.2, -0.15) is 0 Å². The molecule has 0 saturated carbocycles. The van der Waals surface area contributed by atoms with Crippen molar-refractivity contribution in [1.82, 2.24) is 10.2 Å². The van der Waals surface area contributed by atoms with E-state index >= 15 is 0 Å². The fourth-order valence-corrected chi connectivity index (χ4v) is 4.50. The maximum atomic E-state index is 12.6. The number of amides is 1. The molecule has 1 unspecified atom stereocenters. The molecule has 0 bridgehead atoms. The van der Waals surface area contributed by atoms with E-state index in [2.05, 4.69) is 15.5 Å². The van der Waals surface area contributed by atoms with E-state index in [1.807, 2.05) is 6.92 Å². The highest BCUT2D eigenvalue weighted by atomic mass is 32.2. The lowest BCUT2D eigenvalue weighted by Crippen LogP contribution is -2.27. The maximum Gasteiger partial charge on any atom is 0.271 e. The van der Waals surface area contributed by atoms with Gasteiger partial charge in [0.15, 0.2) is 4.34 Å². The van der Waals surface area contributed by atoms with E-state index in [4.69, 9.17) is 0 Å². The number of carbonyl (C=O) groups excluding carboxylic acids is 1. The van der Waals surface area contributed by atoms with Crippen LogP contribution in [0, 0.1) is 10.1 Å². The van der Waals surface area contributed by atoms with Crippen LogP contribution >= 0.6 is 23.1 Å². The molecule has 2 heterocycles. The second-order valence-corrected chi connectivity index (χ2v) is 7.49. The van der Waals surface area contributed by atoms with Gasteiger partial charge in [0.2, 0.25) is 11.0 Å². The number of nitrogens with one attached hydrogen (secondary N) is 1. The van der Waals surface area contributed by atoms with Gasteiger partial charge in [0.05, 0.1) is 15.9 Å². The summed E-state index contributed by atoms with van der Waals surface area (Å²) < 4.78 is 0.741. The van der Waals surface area contributed by atoms with Crippen molar-refractivity contribution in [2.75, 3.05) is 23.3 Å². The average Bonchev–Trinajstić information content (AvgIpc) is 3.16. The van der Waals surface area contributed by atoms with Crippen LogP contribution in [0.5, 0.6) is 0 Å². The molecule has 1 fully saturated rings. The molecule has 2 aromatic rings. The summed E-state index contributed by atoms with van der Waals surface area (Å²) >= 11 is 2.81. The third kappa shape index (κ3) is 3.49. The number of hydrogen-bond acceptors (Lipinski definition) is 8. The Labute approximate surface area is 146 Å². The predicted molar refractivity (Wildman–Crippen MR) is 93.8 cm³/mol. The number of carbonyl (C=O) groups is 1. The third-order valence-electron chi connectivity index (χ3n) is 3.49. The highest BCUT2D eigenvalue weighted by molar-refractivity contribution is 8.02. The Balaban J connectivity index is 1.70. The second-order valence-electron chi connectivity index (χ2n) is 5.07. The van der Waals surface area contributed by atoms with Crippen LogP contribution in [0.4, 0.5) is 16.5 Å². The Bertz CT molecular complexity index is 766. The van der Waals surface area contributed by atoms with Crippen LogP contribution in [-0.4, -0.2) is 39.4 Å². The first-order valence-corrected chi connectivity index (χ1v) is 9.08. The molecule has 24 heavy (non-hydrogen) atoms. The number of rotatable bonds is 6. The largest absolute Gasteiger partial charge is 0.360 e. The fourth-order valence-electron chi connectivity index (χ4n) is 2.40. The number of nitrogens with zero attached hydrogens (tertiary/aromatic N) is 4. The molecule has 8 nitrogen and oxygen atoms in total. The molecule has 1 saturated heterocycles. The summed E-state index contributed by atoms with van der Waals surface area (Å²) in [4.78, 5) is 24.6. The zero-order valence-electron chi connectivity index (χ0n) is 12.8. The molecule has 1 aliphatic rings. The highest BCUT2D eigenvalue weighted by Gasteiger charge is 2.34. The van der Waals surface area contributed by atoms with Gasteiger partial charge in [-0.05, 0) is 19.4 Å². The quantitative estimate of drug-likeness (QED) is 0.620. The van der Waals surface area contributed by atoms with Crippen LogP contribution in [0.3, 0.4) is 0 Å². The number of anilines is 2. The summed E-state index contributed by atoms with van der Waals surface area (Å²) in [6.45, 7) is 3.28. The SMILES string of the molecule is CCNc1nnc(SC2CCN(c3cccc([N+](=O)[O-])c3)C2=O)s1. The molecule has 1 aromatic heterocycles. The minimum atomic E-state index is -0.459. The molecule has 0 spiro atoms. The van der Waals surface area contributed by atoms with Crippen molar-refractivity contribution < 1.29 is 9.72 Å². The van der Waals surface area contributed by atoms with Crippen molar-refractivity contribution in [3.63, 3.8) is 0 Å². The van der Waals surface area contributed by atoms with E-state index in [9.17, 15) is 14.9 Å². The van der Waals surface area contributed by atoms with Crippen LogP contribution in [-0.2, 0) is 4.79 Å². The first-order chi connectivity index (χ1) is 11.6. The van der Waals surface area contributed by atoms with Crippen LogP contribution < -0.4 is 10.2 Å². The summed E-state index contributed by atoms with van der Waals surface area (Å²) in [5.41, 5.74) is 0.540. The molecule has 1 N–H and O–H groups in total. The van der Waals surface area contributed by atoms with Crippen molar-refractivity contribution >= 4 is 45.5 Å². The zero-order chi connectivity index (χ0) is 17.1. The van der Waals surface area contributed by atoms with E-state index in [0.717, 1.165) is 16.0 Å². The minimum Gasteiger partial charge on any atom is -0.360 e. The number of non-ortho nitro benzene ring substituents is 1. The van der Waals surface area contributed by atoms with Gasteiger partial charge in [0.1, 0.15) is 0 Å². The Hall–Kier alpha value is -2.20. The first kappa shape index (κ1) is 16.7. The molecular formula is C14H15N5O3S2. The average molecular weight is 365 g/mol. The molecule has 1 aliphatic heterocycles. The third-order valence-corrected chi connectivity index (χ3v) is 5.71. The molecule has 0 radical (unpaired) electrons. The number of thioether (sulfide) groups is 1. The van der Waals surface area contributed by atoms with Gasteiger partial charge in [-0.1, -0.05) is 29.2 Å². The van der Waals surface area contributed by atoms with Gasteiger partial charge in [0.25, 0.3) is 5.69 Å². The van der Waals surface area contributed by atoms with E-state index in [1.54, 1.807) is 17.0 Å². The summed E-state index contributed by atoms with van der Waals surface area (Å²) in [7, 11) is 0. The molecule has 3 rings (SSSR count). The molecule has 1 atom stereocenters. The van der Waals surface area contributed by atoms with Crippen LogP contribution in [0.1, 0.15) is 13.3 Å². The summed E-state index contributed by atoms with van der Waals surface area (Å²) in [5, 5.41) is 22.6. The summed E-state index contributed by atoms with van der Waals surface area (Å²) in [5.74, 6) is -0.0549. The van der Waals surface area contributed by atoms with Gasteiger partial charge < -0.3 is 10.2 Å². The number of hydrogen-bond donors (Lipinski definition) is 1. The Morgan fingerprint density at radius 2 is 2.33 bits per heavy atom. The number of nitro groups is 1. The Morgan fingerprint density at radius 1 is 1.50 bits per heavy atom. The highest BCUT2D eigenvalue weighted by Crippen LogP contribution is 2.36. The monoisotopic (exact) mass is 365 g/mol. The first-order valence-electron chi connectivity index (χ1n) is 7.38. The molecule has 1 amide bonds. The summed E-state index contributed by atoms with van der Waals surface area (Å²) in [6, 6.07) is 6.15. The van der Waals surface area contributed by atoms with E-state index in [-0.39, 0.29) is 16.8 Å². The molecular weight excluding hydrogens is 350 g/mol. The zero-order valence-corrected chi connectivity index (χ0v) is 14.5. The van der Waals surface area contributed by atoms with E-state index in [0.29, 0.717) is 18.7 Å². The lowest BCUT2D eigenvalue weighted by molar-refractivity contribution is -0.384. The topological polar surface area (TPSA) is 101 Å². The number of aromatic nitrogens is 2. The predicted octanol–water partition coefficient (Wildman–Crippen LogP) is 2.78. The lowest BCUT2D eigenvalue weighted by atomic mass is 10.2. The van der Waals surface area contributed by atoms with Crippen molar-refractivity contribution in [1.29, 1.82) is 0 Å². The normalized spacial score (nSPS) is 17.3. The van der Waals surface area contributed by atoms with Gasteiger partial charge in [0, 0.05) is 25.2 Å². The number of benzene rings is 1. The smallest absolute Gasteiger partial charge is 0.271 e. The van der Waals surface area contributed by atoms with Gasteiger partial charge in [-0.3, -0.25) is 14.9 Å². The van der Waals surface area contributed by atoms with Crippen LogP contribution in [0.2, 0.25) is 0 Å². The number of nitro benzene ring substituents is 1. The molecule has 0 aliphatic carbocycles. The van der Waals surface area contributed by atoms with Crippen LogP contribution in [0.25, 0.3) is 0 Å². The summed E-state index contributed by atoms with van der Waals surface area (Å²) in [6.07, 6.45) is 0.669. The van der Waals surface area contributed by atoms with Gasteiger partial charge >= 0.3 is 0 Å². The molecule has 10 heteroatoms. The molecule has 126 valence electrons.